The first-order valence-electron chi connectivity index (χ1n) is 5.20. The second-order valence-corrected chi connectivity index (χ2v) is 5.79. The van der Waals surface area contributed by atoms with E-state index in [1.807, 2.05) is 6.92 Å². The molecule has 0 spiro atoms. The van der Waals surface area contributed by atoms with Crippen molar-refractivity contribution in [3.8, 4) is 0 Å². The number of carbonyl (C=O) groups is 2. The van der Waals surface area contributed by atoms with Gasteiger partial charge in [0.05, 0.1) is 6.54 Å². The summed E-state index contributed by atoms with van der Waals surface area (Å²) >= 11 is 1.31. The first-order valence-corrected chi connectivity index (χ1v) is 6.02. The number of amides is 1. The normalized spacial score (nSPS) is 11.1. The number of nitrogens with one attached hydrogen (secondary N) is 1. The van der Waals surface area contributed by atoms with Crippen LogP contribution in [0.3, 0.4) is 0 Å². The van der Waals surface area contributed by atoms with Gasteiger partial charge in [0.1, 0.15) is 5.60 Å². The van der Waals surface area contributed by atoms with Crippen LogP contribution in [0.2, 0.25) is 0 Å². The number of ether oxygens (including phenoxy) is 1. The quantitative estimate of drug-likeness (QED) is 0.841. The van der Waals surface area contributed by atoms with Gasteiger partial charge < -0.3 is 10.1 Å². The van der Waals surface area contributed by atoms with Crippen molar-refractivity contribution in [3.05, 3.63) is 16.1 Å². The van der Waals surface area contributed by atoms with Crippen LogP contribution in [-0.4, -0.2) is 29.0 Å². The highest BCUT2D eigenvalue weighted by Crippen LogP contribution is 2.11. The van der Waals surface area contributed by atoms with Gasteiger partial charge in [-0.05, 0) is 27.7 Å². The average Bonchev–Trinajstić information content (AvgIpc) is 2.58. The number of aryl methyl sites for hydroxylation is 1. The second-order valence-electron chi connectivity index (χ2n) is 4.55. The molecule has 0 aliphatic heterocycles. The van der Waals surface area contributed by atoms with E-state index in [2.05, 4.69) is 10.3 Å². The Bertz CT molecular complexity index is 421. The largest absolute Gasteiger partial charge is 0.444 e. The van der Waals surface area contributed by atoms with E-state index in [0.717, 1.165) is 4.88 Å². The molecule has 5 nitrogen and oxygen atoms in total. The summed E-state index contributed by atoms with van der Waals surface area (Å²) in [5.74, 6) is -0.214. The zero-order valence-corrected chi connectivity index (χ0v) is 11.2. The maximum Gasteiger partial charge on any atom is 0.408 e. The van der Waals surface area contributed by atoms with E-state index in [9.17, 15) is 9.59 Å². The number of alkyl carbamates (subject to hydrolysis) is 1. The van der Waals surface area contributed by atoms with E-state index in [-0.39, 0.29) is 12.3 Å². The van der Waals surface area contributed by atoms with Crippen LogP contribution in [0.25, 0.3) is 0 Å². The van der Waals surface area contributed by atoms with Gasteiger partial charge in [-0.15, -0.1) is 11.3 Å². The van der Waals surface area contributed by atoms with E-state index in [1.54, 1.807) is 27.0 Å². The van der Waals surface area contributed by atoms with Gasteiger partial charge in [0.25, 0.3) is 0 Å². The number of ketones is 1. The van der Waals surface area contributed by atoms with Crippen molar-refractivity contribution in [1.82, 2.24) is 10.3 Å². The Morgan fingerprint density at radius 3 is 2.59 bits per heavy atom. The van der Waals surface area contributed by atoms with Crippen molar-refractivity contribution in [2.24, 2.45) is 0 Å². The minimum atomic E-state index is -0.598. The molecule has 0 fully saturated rings. The molecule has 0 aliphatic rings. The summed E-state index contributed by atoms with van der Waals surface area (Å²) in [5.41, 5.74) is -0.565. The van der Waals surface area contributed by atoms with Gasteiger partial charge in [-0.25, -0.2) is 9.78 Å². The van der Waals surface area contributed by atoms with Gasteiger partial charge >= 0.3 is 6.09 Å². The Balaban J connectivity index is 2.41. The zero-order chi connectivity index (χ0) is 13.1. The molecule has 0 saturated carbocycles. The summed E-state index contributed by atoms with van der Waals surface area (Å²) < 4.78 is 5.01. The van der Waals surface area contributed by atoms with E-state index in [4.69, 9.17) is 4.74 Å². The molecule has 1 N–H and O–H groups in total. The van der Waals surface area contributed by atoms with E-state index >= 15 is 0 Å². The number of carbonyl (C=O) groups excluding carboxylic acids is 2. The third kappa shape index (κ3) is 4.95. The molecule has 0 atom stereocenters. The molecule has 17 heavy (non-hydrogen) atoms. The highest BCUT2D eigenvalue weighted by molar-refractivity contribution is 7.13. The monoisotopic (exact) mass is 256 g/mol. The fourth-order valence-electron chi connectivity index (χ4n) is 1.03. The van der Waals surface area contributed by atoms with Crippen molar-refractivity contribution in [2.45, 2.75) is 33.3 Å². The molecule has 0 radical (unpaired) electrons. The zero-order valence-electron chi connectivity index (χ0n) is 10.4. The van der Waals surface area contributed by atoms with E-state index < -0.39 is 11.7 Å². The minimum Gasteiger partial charge on any atom is -0.444 e. The maximum atomic E-state index is 11.6. The van der Waals surface area contributed by atoms with Gasteiger partial charge in [-0.3, -0.25) is 4.79 Å². The van der Waals surface area contributed by atoms with Crippen LogP contribution >= 0.6 is 11.3 Å². The van der Waals surface area contributed by atoms with Gasteiger partial charge in [0, 0.05) is 11.1 Å². The van der Waals surface area contributed by atoms with E-state index in [1.165, 1.54) is 11.3 Å². The molecule has 1 rings (SSSR count). The predicted molar refractivity (Wildman–Crippen MR) is 65.4 cm³/mol. The molecular formula is C11H16N2O3S. The third-order valence-electron chi connectivity index (χ3n) is 1.65. The van der Waals surface area contributed by atoms with Gasteiger partial charge in [0.2, 0.25) is 5.78 Å². The van der Waals surface area contributed by atoms with Crippen molar-refractivity contribution < 1.29 is 14.3 Å². The van der Waals surface area contributed by atoms with Crippen LogP contribution < -0.4 is 5.32 Å². The van der Waals surface area contributed by atoms with Crippen LogP contribution in [0.1, 0.15) is 35.5 Å². The number of rotatable bonds is 3. The van der Waals surface area contributed by atoms with Gasteiger partial charge in [-0.1, -0.05) is 0 Å². The van der Waals surface area contributed by atoms with Crippen molar-refractivity contribution in [2.75, 3.05) is 6.54 Å². The SMILES string of the molecule is Cc1cnc(C(=O)CNC(=O)OC(C)(C)C)s1. The average molecular weight is 256 g/mol. The van der Waals surface area contributed by atoms with Crippen LogP contribution in [-0.2, 0) is 4.74 Å². The standard InChI is InChI=1S/C11H16N2O3S/c1-7-5-12-9(17-7)8(14)6-13-10(15)16-11(2,3)4/h5H,6H2,1-4H3,(H,13,15). The lowest BCUT2D eigenvalue weighted by Gasteiger charge is -2.19. The number of Topliss-reactive ketones (excluding diaryl/α,β-unsaturated/α-hetero) is 1. The summed E-state index contributed by atoms with van der Waals surface area (Å²) in [6.45, 7) is 7.06. The first kappa shape index (κ1) is 13.6. The summed E-state index contributed by atoms with van der Waals surface area (Å²) in [4.78, 5) is 27.8. The van der Waals surface area contributed by atoms with Crippen LogP contribution in [0, 0.1) is 6.92 Å². The Morgan fingerprint density at radius 2 is 2.12 bits per heavy atom. The molecular weight excluding hydrogens is 240 g/mol. The molecule has 1 aromatic heterocycles. The third-order valence-corrected chi connectivity index (χ3v) is 2.61. The predicted octanol–water partition coefficient (Wildman–Crippen LogP) is 2.16. The lowest BCUT2D eigenvalue weighted by atomic mass is 10.2. The number of thiazole rings is 1. The molecule has 1 aromatic rings. The Kier molecular flexibility index (Phi) is 4.22. The minimum absolute atomic E-state index is 0.0954. The van der Waals surface area contributed by atoms with Crippen LogP contribution in [0.5, 0.6) is 0 Å². The molecule has 0 saturated heterocycles. The molecule has 0 bridgehead atoms. The summed E-state index contributed by atoms with van der Waals surface area (Å²) in [6.07, 6.45) is 1.03. The topological polar surface area (TPSA) is 68.3 Å². The highest BCUT2D eigenvalue weighted by Gasteiger charge is 2.17. The number of hydrogen-bond donors (Lipinski definition) is 1. The Hall–Kier alpha value is -1.43. The number of nitrogens with zero attached hydrogens (tertiary/aromatic N) is 1. The molecule has 6 heteroatoms. The van der Waals surface area contributed by atoms with Gasteiger partial charge in [-0.2, -0.15) is 0 Å². The van der Waals surface area contributed by atoms with Crippen molar-refractivity contribution >= 4 is 23.2 Å². The number of aromatic nitrogens is 1. The summed E-state index contributed by atoms with van der Waals surface area (Å²) in [5, 5.41) is 2.80. The van der Waals surface area contributed by atoms with Crippen molar-refractivity contribution in [3.63, 3.8) is 0 Å². The second kappa shape index (κ2) is 5.27. The van der Waals surface area contributed by atoms with Crippen LogP contribution in [0.15, 0.2) is 6.20 Å². The van der Waals surface area contributed by atoms with Crippen LogP contribution in [0.4, 0.5) is 4.79 Å². The first-order chi connectivity index (χ1) is 7.78. The molecule has 94 valence electrons. The van der Waals surface area contributed by atoms with E-state index in [0.29, 0.717) is 5.01 Å². The summed E-state index contributed by atoms with van der Waals surface area (Å²) in [7, 11) is 0. The molecule has 1 heterocycles. The van der Waals surface area contributed by atoms with Gasteiger partial charge in [0.15, 0.2) is 5.01 Å². The lowest BCUT2D eigenvalue weighted by Crippen LogP contribution is -2.35. The fraction of sp³-hybridized carbons (Fsp3) is 0.545. The Labute approximate surface area is 104 Å². The smallest absolute Gasteiger partial charge is 0.408 e. The highest BCUT2D eigenvalue weighted by atomic mass is 32.1. The number of hydrogen-bond acceptors (Lipinski definition) is 5. The van der Waals surface area contributed by atoms with Crippen molar-refractivity contribution in [1.29, 1.82) is 0 Å². The summed E-state index contributed by atoms with van der Waals surface area (Å²) in [6, 6.07) is 0. The lowest BCUT2D eigenvalue weighted by molar-refractivity contribution is 0.0520. The maximum absolute atomic E-state index is 11.6. The molecule has 1 amide bonds. The molecule has 0 aromatic carbocycles. The molecule has 0 unspecified atom stereocenters. The molecule has 0 aliphatic carbocycles. The fourth-order valence-corrected chi connectivity index (χ4v) is 1.73. The Morgan fingerprint density at radius 1 is 1.47 bits per heavy atom.